The number of hydrogen-bond acceptors (Lipinski definition) is 2. The second kappa shape index (κ2) is 4.23. The fourth-order valence-corrected chi connectivity index (χ4v) is 1.87. The normalized spacial score (nSPS) is 11.1. The molecule has 0 saturated heterocycles. The standard InChI is InChI=1S/C13H15N3/c1-10-3-4-11(2)16(10)13-7-5-12(6-8-13)9-15-14/h3-9H,14H2,1-2H3. The van der Waals surface area contributed by atoms with Crippen LogP contribution in [0.2, 0.25) is 0 Å². The Morgan fingerprint density at radius 3 is 2.06 bits per heavy atom. The van der Waals surface area contributed by atoms with Gasteiger partial charge in [-0.3, -0.25) is 0 Å². The van der Waals surface area contributed by atoms with Gasteiger partial charge in [0.25, 0.3) is 0 Å². The Morgan fingerprint density at radius 2 is 1.56 bits per heavy atom. The van der Waals surface area contributed by atoms with E-state index in [1.807, 2.05) is 12.1 Å². The van der Waals surface area contributed by atoms with Gasteiger partial charge in [-0.15, -0.1) is 0 Å². The van der Waals surface area contributed by atoms with Crippen LogP contribution in [0.25, 0.3) is 5.69 Å². The second-order valence-electron chi connectivity index (χ2n) is 3.82. The average Bonchev–Trinajstić information content (AvgIpc) is 2.61. The number of hydrazone groups is 1. The van der Waals surface area contributed by atoms with E-state index in [9.17, 15) is 0 Å². The van der Waals surface area contributed by atoms with Gasteiger partial charge in [-0.1, -0.05) is 12.1 Å². The highest BCUT2D eigenvalue weighted by Gasteiger charge is 2.02. The molecule has 1 aromatic carbocycles. The molecule has 2 aromatic rings. The zero-order valence-electron chi connectivity index (χ0n) is 9.51. The Balaban J connectivity index is 2.42. The van der Waals surface area contributed by atoms with Gasteiger partial charge in [0.1, 0.15) is 0 Å². The van der Waals surface area contributed by atoms with Crippen molar-refractivity contribution in [2.24, 2.45) is 10.9 Å². The molecule has 0 atom stereocenters. The summed E-state index contributed by atoms with van der Waals surface area (Å²) in [6.45, 7) is 4.20. The number of aryl methyl sites for hydroxylation is 2. The molecule has 0 aliphatic heterocycles. The summed E-state index contributed by atoms with van der Waals surface area (Å²) in [6, 6.07) is 12.4. The number of hydrogen-bond donors (Lipinski definition) is 1. The first-order chi connectivity index (χ1) is 7.72. The summed E-state index contributed by atoms with van der Waals surface area (Å²) < 4.78 is 2.21. The van der Waals surface area contributed by atoms with Crippen molar-refractivity contribution in [1.82, 2.24) is 4.57 Å². The highest BCUT2D eigenvalue weighted by atomic mass is 15.1. The van der Waals surface area contributed by atoms with Crippen molar-refractivity contribution < 1.29 is 0 Å². The van der Waals surface area contributed by atoms with Crippen molar-refractivity contribution in [3.05, 3.63) is 53.3 Å². The minimum atomic E-state index is 1.01. The largest absolute Gasteiger partial charge is 0.323 e. The lowest BCUT2D eigenvalue weighted by molar-refractivity contribution is 0.966. The predicted molar refractivity (Wildman–Crippen MR) is 67.0 cm³/mol. The van der Waals surface area contributed by atoms with E-state index in [4.69, 9.17) is 5.84 Å². The van der Waals surface area contributed by atoms with Crippen molar-refractivity contribution in [2.45, 2.75) is 13.8 Å². The third kappa shape index (κ3) is 1.84. The molecule has 0 spiro atoms. The molecule has 3 heteroatoms. The first-order valence-electron chi connectivity index (χ1n) is 5.21. The van der Waals surface area contributed by atoms with Gasteiger partial charge in [-0.25, -0.2) is 0 Å². The summed E-state index contributed by atoms with van der Waals surface area (Å²) in [4.78, 5) is 0. The predicted octanol–water partition coefficient (Wildman–Crippen LogP) is 2.39. The zero-order valence-corrected chi connectivity index (χ0v) is 9.51. The van der Waals surface area contributed by atoms with Crippen LogP contribution in [0, 0.1) is 13.8 Å². The third-order valence-electron chi connectivity index (χ3n) is 2.65. The molecule has 3 nitrogen and oxygen atoms in total. The van der Waals surface area contributed by atoms with Gasteiger partial charge >= 0.3 is 0 Å². The average molecular weight is 213 g/mol. The number of benzene rings is 1. The quantitative estimate of drug-likeness (QED) is 0.464. The van der Waals surface area contributed by atoms with Crippen LogP contribution in [0.5, 0.6) is 0 Å². The van der Waals surface area contributed by atoms with Crippen LogP contribution < -0.4 is 5.84 Å². The molecule has 82 valence electrons. The zero-order chi connectivity index (χ0) is 11.5. The van der Waals surface area contributed by atoms with E-state index >= 15 is 0 Å². The lowest BCUT2D eigenvalue weighted by Crippen LogP contribution is -1.98. The van der Waals surface area contributed by atoms with Gasteiger partial charge in [0.05, 0.1) is 6.21 Å². The third-order valence-corrected chi connectivity index (χ3v) is 2.65. The topological polar surface area (TPSA) is 43.3 Å². The Bertz CT molecular complexity index is 487. The van der Waals surface area contributed by atoms with Crippen LogP contribution in [-0.4, -0.2) is 10.8 Å². The monoisotopic (exact) mass is 213 g/mol. The Kier molecular flexibility index (Phi) is 2.77. The summed E-state index contributed by atoms with van der Waals surface area (Å²) in [6.07, 6.45) is 1.64. The summed E-state index contributed by atoms with van der Waals surface area (Å²) in [7, 11) is 0. The van der Waals surface area contributed by atoms with Gasteiger partial charge < -0.3 is 10.4 Å². The first kappa shape index (κ1) is 10.5. The van der Waals surface area contributed by atoms with Crippen LogP contribution in [0.15, 0.2) is 41.5 Å². The Labute approximate surface area is 95.2 Å². The van der Waals surface area contributed by atoms with Gasteiger partial charge in [-0.05, 0) is 43.7 Å². The maximum absolute atomic E-state index is 5.11. The second-order valence-corrected chi connectivity index (χ2v) is 3.82. The summed E-state index contributed by atoms with van der Waals surface area (Å²) in [5.41, 5.74) is 4.64. The van der Waals surface area contributed by atoms with E-state index in [2.05, 4.69) is 47.8 Å². The smallest absolute Gasteiger partial charge is 0.0538 e. The molecule has 0 aliphatic rings. The molecular weight excluding hydrogens is 198 g/mol. The molecule has 0 bridgehead atoms. The molecule has 0 aliphatic carbocycles. The molecule has 2 N–H and O–H groups in total. The van der Waals surface area contributed by atoms with E-state index in [1.165, 1.54) is 11.4 Å². The van der Waals surface area contributed by atoms with E-state index in [-0.39, 0.29) is 0 Å². The van der Waals surface area contributed by atoms with Gasteiger partial charge in [0.15, 0.2) is 0 Å². The molecule has 0 unspecified atom stereocenters. The minimum absolute atomic E-state index is 1.01. The number of nitrogens with two attached hydrogens (primary N) is 1. The van der Waals surface area contributed by atoms with E-state index < -0.39 is 0 Å². The van der Waals surface area contributed by atoms with Gasteiger partial charge in [0.2, 0.25) is 0 Å². The number of aromatic nitrogens is 1. The van der Waals surface area contributed by atoms with Crippen LogP contribution in [-0.2, 0) is 0 Å². The molecule has 0 radical (unpaired) electrons. The molecular formula is C13H15N3. The van der Waals surface area contributed by atoms with Crippen molar-refractivity contribution >= 4 is 6.21 Å². The van der Waals surface area contributed by atoms with Crippen molar-refractivity contribution in [1.29, 1.82) is 0 Å². The summed E-state index contributed by atoms with van der Waals surface area (Å²) in [5, 5.41) is 3.50. The molecule has 1 heterocycles. The van der Waals surface area contributed by atoms with E-state index in [1.54, 1.807) is 6.21 Å². The summed E-state index contributed by atoms with van der Waals surface area (Å²) >= 11 is 0. The SMILES string of the molecule is Cc1ccc(C)n1-c1ccc(C=NN)cc1. The lowest BCUT2D eigenvalue weighted by atomic mass is 10.2. The molecule has 0 fully saturated rings. The highest BCUT2D eigenvalue weighted by molar-refractivity contribution is 5.79. The maximum Gasteiger partial charge on any atom is 0.0538 e. The molecule has 1 aromatic heterocycles. The van der Waals surface area contributed by atoms with Crippen molar-refractivity contribution in [3.63, 3.8) is 0 Å². The number of rotatable bonds is 2. The fourth-order valence-electron chi connectivity index (χ4n) is 1.87. The minimum Gasteiger partial charge on any atom is -0.323 e. The maximum atomic E-state index is 5.11. The van der Waals surface area contributed by atoms with Crippen molar-refractivity contribution in [3.8, 4) is 5.69 Å². The van der Waals surface area contributed by atoms with Crippen LogP contribution >= 0.6 is 0 Å². The summed E-state index contributed by atoms with van der Waals surface area (Å²) in [5.74, 6) is 5.11. The van der Waals surface area contributed by atoms with Crippen LogP contribution in [0.4, 0.5) is 0 Å². The Morgan fingerprint density at radius 1 is 1.00 bits per heavy atom. The van der Waals surface area contributed by atoms with Gasteiger partial charge in [-0.2, -0.15) is 5.10 Å². The van der Waals surface area contributed by atoms with E-state index in [0.29, 0.717) is 0 Å². The van der Waals surface area contributed by atoms with E-state index in [0.717, 1.165) is 11.3 Å². The molecule has 0 amide bonds. The molecule has 2 rings (SSSR count). The fraction of sp³-hybridized carbons (Fsp3) is 0.154. The van der Waals surface area contributed by atoms with Crippen molar-refractivity contribution in [2.75, 3.05) is 0 Å². The van der Waals surface area contributed by atoms with Gasteiger partial charge in [0, 0.05) is 17.1 Å². The number of nitrogens with zero attached hydrogens (tertiary/aromatic N) is 2. The Hall–Kier alpha value is -2.03. The lowest BCUT2D eigenvalue weighted by Gasteiger charge is -2.09. The molecule has 0 saturated carbocycles. The molecule has 16 heavy (non-hydrogen) atoms. The van der Waals surface area contributed by atoms with Crippen LogP contribution in [0.3, 0.4) is 0 Å². The highest BCUT2D eigenvalue weighted by Crippen LogP contribution is 2.16. The first-order valence-corrected chi connectivity index (χ1v) is 5.21. The van der Waals surface area contributed by atoms with Crippen LogP contribution in [0.1, 0.15) is 17.0 Å².